The SMILES string of the molecule is COc1cc2ncnc(-c3ccc4c(c3)CN(S(=O)(=O)NC(=O)O)CC4)c2cc1OC. The minimum Gasteiger partial charge on any atom is -0.493 e. The molecule has 0 atom stereocenters. The number of ether oxygens (including phenoxy) is 2. The standard InChI is InChI=1S/C20H20N4O6S/c1-29-17-8-15-16(9-18(17)30-2)21-11-22-19(15)13-4-3-12-5-6-24(10-14(12)7-13)31(27,28)23-20(25)26/h3-4,7-9,11,23H,5-6,10H2,1-2H3,(H,25,26). The number of fused-ring (bicyclic) bond motifs is 2. The van der Waals surface area contributed by atoms with E-state index < -0.39 is 16.3 Å². The van der Waals surface area contributed by atoms with E-state index in [2.05, 4.69) is 9.97 Å². The minimum atomic E-state index is -4.13. The topological polar surface area (TPSA) is 131 Å². The molecule has 31 heavy (non-hydrogen) atoms. The van der Waals surface area contributed by atoms with E-state index in [4.69, 9.17) is 14.6 Å². The Morgan fingerprint density at radius 1 is 1.10 bits per heavy atom. The Morgan fingerprint density at radius 3 is 2.55 bits per heavy atom. The number of methoxy groups -OCH3 is 2. The van der Waals surface area contributed by atoms with Crippen LogP contribution >= 0.6 is 0 Å². The van der Waals surface area contributed by atoms with Crippen LogP contribution in [0.1, 0.15) is 11.1 Å². The highest BCUT2D eigenvalue weighted by Gasteiger charge is 2.28. The number of amides is 1. The average molecular weight is 444 g/mol. The molecule has 10 nitrogen and oxygen atoms in total. The maximum Gasteiger partial charge on any atom is 0.419 e. The number of aromatic nitrogens is 2. The lowest BCUT2D eigenvalue weighted by atomic mass is 9.96. The van der Waals surface area contributed by atoms with E-state index in [0.717, 1.165) is 26.4 Å². The lowest BCUT2D eigenvalue weighted by molar-refractivity contribution is 0.200. The van der Waals surface area contributed by atoms with E-state index in [1.807, 2.05) is 18.2 Å². The van der Waals surface area contributed by atoms with Gasteiger partial charge in [-0.15, -0.1) is 0 Å². The van der Waals surface area contributed by atoms with Crippen LogP contribution < -0.4 is 14.2 Å². The minimum absolute atomic E-state index is 0.0615. The van der Waals surface area contributed by atoms with Crippen molar-refractivity contribution >= 4 is 27.2 Å². The lowest BCUT2D eigenvalue weighted by Crippen LogP contribution is -2.45. The van der Waals surface area contributed by atoms with Crippen LogP contribution in [0.25, 0.3) is 22.2 Å². The summed E-state index contributed by atoms with van der Waals surface area (Å²) >= 11 is 0. The van der Waals surface area contributed by atoms with Crippen LogP contribution in [0, 0.1) is 0 Å². The van der Waals surface area contributed by atoms with Crippen LogP contribution in [0.2, 0.25) is 0 Å². The van der Waals surface area contributed by atoms with Crippen molar-refractivity contribution in [1.82, 2.24) is 19.0 Å². The molecular formula is C20H20N4O6S. The van der Waals surface area contributed by atoms with Crippen molar-refractivity contribution in [2.75, 3.05) is 20.8 Å². The van der Waals surface area contributed by atoms with Crippen LogP contribution in [0.3, 0.4) is 0 Å². The third kappa shape index (κ3) is 3.97. The van der Waals surface area contributed by atoms with Gasteiger partial charge >= 0.3 is 16.3 Å². The number of carbonyl (C=O) groups is 1. The molecule has 162 valence electrons. The highest BCUT2D eigenvalue weighted by atomic mass is 32.2. The zero-order valence-corrected chi connectivity index (χ0v) is 17.6. The first kappa shape index (κ1) is 20.8. The van der Waals surface area contributed by atoms with Crippen molar-refractivity contribution in [2.45, 2.75) is 13.0 Å². The second-order valence-electron chi connectivity index (χ2n) is 6.93. The smallest absolute Gasteiger partial charge is 0.419 e. The van der Waals surface area contributed by atoms with Gasteiger partial charge in [0.15, 0.2) is 11.5 Å². The Labute approximate surface area is 178 Å². The van der Waals surface area contributed by atoms with Gasteiger partial charge in [-0.05, 0) is 29.7 Å². The van der Waals surface area contributed by atoms with Crippen LogP contribution in [0.5, 0.6) is 11.5 Å². The predicted octanol–water partition coefficient (Wildman–Crippen LogP) is 2.18. The summed E-state index contributed by atoms with van der Waals surface area (Å²) in [5, 5.41) is 9.56. The van der Waals surface area contributed by atoms with Gasteiger partial charge in [-0.25, -0.2) is 19.5 Å². The number of benzene rings is 2. The molecule has 1 aromatic heterocycles. The first-order chi connectivity index (χ1) is 14.8. The Kier molecular flexibility index (Phi) is 5.38. The van der Waals surface area contributed by atoms with Gasteiger partial charge < -0.3 is 14.6 Å². The molecule has 0 bridgehead atoms. The van der Waals surface area contributed by atoms with Crippen molar-refractivity contribution in [3.8, 4) is 22.8 Å². The molecule has 4 rings (SSSR count). The molecule has 0 fully saturated rings. The van der Waals surface area contributed by atoms with Crippen molar-refractivity contribution in [3.63, 3.8) is 0 Å². The summed E-state index contributed by atoms with van der Waals surface area (Å²) in [4.78, 5) is 19.6. The van der Waals surface area contributed by atoms with Gasteiger partial charge in [0.1, 0.15) is 6.33 Å². The number of rotatable bonds is 5. The largest absolute Gasteiger partial charge is 0.493 e. The van der Waals surface area contributed by atoms with E-state index in [0.29, 0.717) is 29.1 Å². The van der Waals surface area contributed by atoms with Gasteiger partial charge in [0, 0.05) is 30.1 Å². The lowest BCUT2D eigenvalue weighted by Gasteiger charge is -2.27. The monoisotopic (exact) mass is 444 g/mol. The fourth-order valence-electron chi connectivity index (χ4n) is 3.67. The zero-order valence-electron chi connectivity index (χ0n) is 16.8. The number of nitrogens with one attached hydrogen (secondary N) is 1. The van der Waals surface area contributed by atoms with E-state index >= 15 is 0 Å². The van der Waals surface area contributed by atoms with E-state index in [1.165, 1.54) is 6.33 Å². The number of carboxylic acid groups (broad SMARTS) is 1. The second kappa shape index (κ2) is 8.00. The molecule has 2 N–H and O–H groups in total. The first-order valence-electron chi connectivity index (χ1n) is 9.32. The van der Waals surface area contributed by atoms with Gasteiger partial charge in [-0.1, -0.05) is 12.1 Å². The summed E-state index contributed by atoms with van der Waals surface area (Å²) < 4.78 is 37.9. The molecule has 2 heterocycles. The van der Waals surface area contributed by atoms with Crippen molar-refractivity contribution < 1.29 is 27.8 Å². The normalized spacial score (nSPS) is 14.1. The summed E-state index contributed by atoms with van der Waals surface area (Å²) in [5.74, 6) is 1.10. The molecule has 0 radical (unpaired) electrons. The molecule has 2 aromatic carbocycles. The maximum absolute atomic E-state index is 12.3. The van der Waals surface area contributed by atoms with Crippen LogP contribution in [0.4, 0.5) is 4.79 Å². The second-order valence-corrected chi connectivity index (χ2v) is 8.60. The molecule has 0 saturated heterocycles. The summed E-state index contributed by atoms with van der Waals surface area (Å²) in [6.07, 6.45) is 0.318. The number of hydrogen-bond acceptors (Lipinski definition) is 7. The summed E-state index contributed by atoms with van der Waals surface area (Å²) in [5.41, 5.74) is 3.91. The molecule has 0 unspecified atom stereocenters. The first-order valence-corrected chi connectivity index (χ1v) is 10.8. The molecule has 1 amide bonds. The molecule has 11 heteroatoms. The molecule has 0 saturated carbocycles. The highest BCUT2D eigenvalue weighted by molar-refractivity contribution is 7.87. The zero-order chi connectivity index (χ0) is 22.2. The number of nitrogens with zero attached hydrogens (tertiary/aromatic N) is 3. The van der Waals surface area contributed by atoms with E-state index in [9.17, 15) is 13.2 Å². The van der Waals surface area contributed by atoms with E-state index in [-0.39, 0.29) is 13.1 Å². The average Bonchev–Trinajstić information content (AvgIpc) is 2.76. The molecule has 1 aliphatic rings. The van der Waals surface area contributed by atoms with Gasteiger partial charge in [0.25, 0.3) is 0 Å². The van der Waals surface area contributed by atoms with Gasteiger partial charge in [0.2, 0.25) is 0 Å². The predicted molar refractivity (Wildman–Crippen MR) is 112 cm³/mol. The summed E-state index contributed by atoms with van der Waals surface area (Å²) in [6, 6.07) is 9.31. The van der Waals surface area contributed by atoms with Crippen LogP contribution in [0.15, 0.2) is 36.7 Å². The van der Waals surface area contributed by atoms with Crippen molar-refractivity contribution in [2.24, 2.45) is 0 Å². The highest BCUT2D eigenvalue weighted by Crippen LogP contribution is 2.36. The third-order valence-corrected chi connectivity index (χ3v) is 6.58. The Balaban J connectivity index is 1.76. The van der Waals surface area contributed by atoms with Crippen LogP contribution in [-0.2, 0) is 23.2 Å². The fourth-order valence-corrected chi connectivity index (χ4v) is 4.66. The Bertz CT molecular complexity index is 1280. The fraction of sp³-hybridized carbons (Fsp3) is 0.250. The molecule has 3 aromatic rings. The quantitative estimate of drug-likeness (QED) is 0.612. The Morgan fingerprint density at radius 2 is 1.84 bits per heavy atom. The molecule has 0 spiro atoms. The van der Waals surface area contributed by atoms with Crippen molar-refractivity contribution in [3.05, 3.63) is 47.8 Å². The van der Waals surface area contributed by atoms with Crippen LogP contribution in [-0.4, -0.2) is 54.7 Å². The summed E-state index contributed by atoms with van der Waals surface area (Å²) in [6.45, 7) is 0.258. The van der Waals surface area contributed by atoms with Gasteiger partial charge in [-0.2, -0.15) is 12.7 Å². The van der Waals surface area contributed by atoms with E-state index in [1.54, 1.807) is 31.1 Å². The third-order valence-electron chi connectivity index (χ3n) is 5.15. The van der Waals surface area contributed by atoms with Gasteiger partial charge in [-0.3, -0.25) is 0 Å². The van der Waals surface area contributed by atoms with Crippen molar-refractivity contribution in [1.29, 1.82) is 0 Å². The maximum atomic E-state index is 12.3. The molecule has 0 aliphatic carbocycles. The van der Waals surface area contributed by atoms with Gasteiger partial charge in [0.05, 0.1) is 25.4 Å². The molecular weight excluding hydrogens is 424 g/mol. The Hall–Kier alpha value is -3.44. The summed E-state index contributed by atoms with van der Waals surface area (Å²) in [7, 11) is -1.03. The number of hydrogen-bond donors (Lipinski definition) is 2. The molecule has 1 aliphatic heterocycles.